The molecule has 0 radical (unpaired) electrons. The molecule has 0 atom stereocenters. The van der Waals surface area contributed by atoms with Crippen LogP contribution in [-0.4, -0.2) is 46.6 Å². The van der Waals surface area contributed by atoms with Gasteiger partial charge in [0.2, 0.25) is 5.91 Å². The normalized spacial score (nSPS) is 15.2. The molecule has 140 valence electrons. The van der Waals surface area contributed by atoms with Crippen molar-refractivity contribution in [2.45, 2.75) is 23.2 Å². The lowest BCUT2D eigenvalue weighted by atomic mass is 10.0. The number of nitrogens with one attached hydrogen (secondary N) is 1. The summed E-state index contributed by atoms with van der Waals surface area (Å²) in [7, 11) is 0. The molecule has 0 aliphatic carbocycles. The van der Waals surface area contributed by atoms with E-state index in [0.717, 1.165) is 27.4 Å². The van der Waals surface area contributed by atoms with E-state index in [1.807, 2.05) is 24.3 Å². The summed E-state index contributed by atoms with van der Waals surface area (Å²) in [6.07, 6.45) is 3.01. The van der Waals surface area contributed by atoms with E-state index in [1.165, 1.54) is 18.0 Å². The third kappa shape index (κ3) is 4.33. The van der Waals surface area contributed by atoms with E-state index in [0.29, 0.717) is 24.6 Å². The molecule has 4 rings (SSSR count). The molecule has 0 spiro atoms. The Kier molecular flexibility index (Phi) is 5.45. The largest absolute Gasteiger partial charge is 0.459 e. The van der Waals surface area contributed by atoms with Crippen LogP contribution < -0.4 is 5.32 Å². The standard InChI is InChI=1S/C19H19N3O3S2/c23-17(12-26-19-21-14-4-1-2-6-16(14)27-19)20-13-7-9-22(10-8-13)18(24)15-5-3-11-25-15/h1-6,11,13H,7-10,12H2,(H,20,23). The Labute approximate surface area is 164 Å². The number of fused-ring (bicyclic) bond motifs is 1. The molecular weight excluding hydrogens is 382 g/mol. The molecule has 1 saturated heterocycles. The molecule has 8 heteroatoms. The maximum atomic E-state index is 12.3. The van der Waals surface area contributed by atoms with Gasteiger partial charge in [-0.25, -0.2) is 4.98 Å². The first-order chi connectivity index (χ1) is 13.2. The number of carbonyl (C=O) groups excluding carboxylic acids is 2. The van der Waals surface area contributed by atoms with Crippen LogP contribution in [0.1, 0.15) is 23.4 Å². The number of rotatable bonds is 5. The summed E-state index contributed by atoms with van der Waals surface area (Å²) >= 11 is 3.07. The molecule has 27 heavy (non-hydrogen) atoms. The van der Waals surface area contributed by atoms with Crippen LogP contribution in [0, 0.1) is 0 Å². The molecule has 2 amide bonds. The van der Waals surface area contributed by atoms with E-state index < -0.39 is 0 Å². The van der Waals surface area contributed by atoms with E-state index in [1.54, 1.807) is 28.4 Å². The number of hydrogen-bond donors (Lipinski definition) is 1. The molecule has 1 aliphatic rings. The zero-order chi connectivity index (χ0) is 18.6. The lowest BCUT2D eigenvalue weighted by Crippen LogP contribution is -2.46. The summed E-state index contributed by atoms with van der Waals surface area (Å²) in [4.78, 5) is 30.8. The van der Waals surface area contributed by atoms with Crippen molar-refractivity contribution in [3.05, 3.63) is 48.4 Å². The van der Waals surface area contributed by atoms with Crippen molar-refractivity contribution < 1.29 is 14.0 Å². The van der Waals surface area contributed by atoms with E-state index in [4.69, 9.17) is 4.42 Å². The highest BCUT2D eigenvalue weighted by molar-refractivity contribution is 8.01. The van der Waals surface area contributed by atoms with Crippen LogP contribution in [0.3, 0.4) is 0 Å². The molecule has 2 aromatic heterocycles. The summed E-state index contributed by atoms with van der Waals surface area (Å²) < 4.78 is 7.21. The number of hydrogen-bond acceptors (Lipinski definition) is 6. The molecule has 1 aromatic carbocycles. The molecule has 0 unspecified atom stereocenters. The predicted molar refractivity (Wildman–Crippen MR) is 106 cm³/mol. The Morgan fingerprint density at radius 3 is 2.78 bits per heavy atom. The Hall–Kier alpha value is -2.32. The second kappa shape index (κ2) is 8.14. The van der Waals surface area contributed by atoms with Gasteiger partial charge >= 0.3 is 0 Å². The minimum atomic E-state index is -0.0869. The zero-order valence-corrected chi connectivity index (χ0v) is 16.2. The Morgan fingerprint density at radius 1 is 1.22 bits per heavy atom. The number of furan rings is 1. The molecule has 1 fully saturated rings. The molecule has 0 saturated carbocycles. The van der Waals surface area contributed by atoms with Crippen molar-refractivity contribution >= 4 is 45.1 Å². The third-order valence-electron chi connectivity index (χ3n) is 4.48. The first kappa shape index (κ1) is 18.1. The van der Waals surface area contributed by atoms with Crippen molar-refractivity contribution in [2.24, 2.45) is 0 Å². The number of para-hydroxylation sites is 1. The van der Waals surface area contributed by atoms with Gasteiger partial charge in [0.1, 0.15) is 0 Å². The molecule has 1 aliphatic heterocycles. The van der Waals surface area contributed by atoms with Crippen LogP contribution in [-0.2, 0) is 4.79 Å². The summed E-state index contributed by atoms with van der Waals surface area (Å²) in [6, 6.07) is 11.5. The lowest BCUT2D eigenvalue weighted by molar-refractivity contribution is -0.119. The Balaban J connectivity index is 1.23. The number of likely N-dealkylation sites (tertiary alicyclic amines) is 1. The van der Waals surface area contributed by atoms with Gasteiger partial charge in [-0.05, 0) is 37.1 Å². The van der Waals surface area contributed by atoms with E-state index >= 15 is 0 Å². The molecule has 1 N–H and O–H groups in total. The van der Waals surface area contributed by atoms with Crippen LogP contribution in [0.5, 0.6) is 0 Å². The van der Waals surface area contributed by atoms with Crippen molar-refractivity contribution in [2.75, 3.05) is 18.8 Å². The monoisotopic (exact) mass is 401 g/mol. The van der Waals surface area contributed by atoms with Crippen molar-refractivity contribution in [3.8, 4) is 0 Å². The number of benzene rings is 1. The highest BCUT2D eigenvalue weighted by Crippen LogP contribution is 2.29. The topological polar surface area (TPSA) is 75.4 Å². The van der Waals surface area contributed by atoms with E-state index in [2.05, 4.69) is 10.3 Å². The highest BCUT2D eigenvalue weighted by atomic mass is 32.2. The Morgan fingerprint density at radius 2 is 2.04 bits per heavy atom. The first-order valence-electron chi connectivity index (χ1n) is 8.79. The van der Waals surface area contributed by atoms with Gasteiger partial charge in [0.05, 0.1) is 22.2 Å². The summed E-state index contributed by atoms with van der Waals surface area (Å²) in [6.45, 7) is 1.24. The minimum Gasteiger partial charge on any atom is -0.459 e. The van der Waals surface area contributed by atoms with E-state index in [-0.39, 0.29) is 17.9 Å². The maximum absolute atomic E-state index is 12.3. The van der Waals surface area contributed by atoms with Gasteiger partial charge in [-0.15, -0.1) is 11.3 Å². The number of nitrogens with zero attached hydrogens (tertiary/aromatic N) is 2. The van der Waals surface area contributed by atoms with Crippen LogP contribution >= 0.6 is 23.1 Å². The fourth-order valence-electron chi connectivity index (χ4n) is 3.09. The average molecular weight is 402 g/mol. The fourth-order valence-corrected chi connectivity index (χ4v) is 4.97. The number of thioether (sulfide) groups is 1. The zero-order valence-electron chi connectivity index (χ0n) is 14.6. The van der Waals surface area contributed by atoms with Crippen molar-refractivity contribution in [1.29, 1.82) is 0 Å². The minimum absolute atomic E-state index is 0.00932. The van der Waals surface area contributed by atoms with E-state index in [9.17, 15) is 9.59 Å². The average Bonchev–Trinajstić information content (AvgIpc) is 3.36. The van der Waals surface area contributed by atoms with Gasteiger partial charge in [0, 0.05) is 19.1 Å². The highest BCUT2D eigenvalue weighted by Gasteiger charge is 2.25. The fraction of sp³-hybridized carbons (Fsp3) is 0.316. The summed E-state index contributed by atoms with van der Waals surface area (Å²) in [5.74, 6) is 0.640. The molecular formula is C19H19N3O3S2. The third-order valence-corrected chi connectivity index (χ3v) is 6.66. The molecule has 6 nitrogen and oxygen atoms in total. The quantitative estimate of drug-likeness (QED) is 0.663. The number of amides is 2. The Bertz CT molecular complexity index is 898. The number of piperidine rings is 1. The SMILES string of the molecule is O=C(CSc1nc2ccccc2s1)NC1CCN(C(=O)c2ccco2)CC1. The number of carbonyl (C=O) groups is 2. The van der Waals surface area contributed by atoms with Gasteiger partial charge in [-0.2, -0.15) is 0 Å². The second-order valence-electron chi connectivity index (χ2n) is 6.35. The van der Waals surface area contributed by atoms with Crippen LogP contribution in [0.15, 0.2) is 51.4 Å². The van der Waals surface area contributed by atoms with Gasteiger partial charge in [0.15, 0.2) is 10.1 Å². The molecule has 0 bridgehead atoms. The smallest absolute Gasteiger partial charge is 0.289 e. The van der Waals surface area contributed by atoms with Crippen LogP contribution in [0.4, 0.5) is 0 Å². The van der Waals surface area contributed by atoms with Gasteiger partial charge in [0.25, 0.3) is 5.91 Å². The molecule has 3 heterocycles. The van der Waals surface area contributed by atoms with Gasteiger partial charge < -0.3 is 14.6 Å². The predicted octanol–water partition coefficient (Wildman–Crippen LogP) is 3.40. The maximum Gasteiger partial charge on any atom is 0.289 e. The van der Waals surface area contributed by atoms with Crippen molar-refractivity contribution in [3.63, 3.8) is 0 Å². The van der Waals surface area contributed by atoms with Gasteiger partial charge in [-0.1, -0.05) is 23.9 Å². The summed E-state index contributed by atoms with van der Waals surface area (Å²) in [5.41, 5.74) is 0.971. The molecule has 3 aromatic rings. The van der Waals surface area contributed by atoms with Crippen molar-refractivity contribution in [1.82, 2.24) is 15.2 Å². The number of aromatic nitrogens is 1. The van der Waals surface area contributed by atoms with Crippen LogP contribution in [0.2, 0.25) is 0 Å². The van der Waals surface area contributed by atoms with Gasteiger partial charge in [-0.3, -0.25) is 9.59 Å². The lowest BCUT2D eigenvalue weighted by Gasteiger charge is -2.31. The first-order valence-corrected chi connectivity index (χ1v) is 10.6. The summed E-state index contributed by atoms with van der Waals surface area (Å²) in [5, 5.41) is 3.07. The van der Waals surface area contributed by atoms with Crippen LogP contribution in [0.25, 0.3) is 10.2 Å². The second-order valence-corrected chi connectivity index (χ2v) is 8.60. The number of thiazole rings is 1.